The molecule has 0 unspecified atom stereocenters. The second kappa shape index (κ2) is 4.52. The zero-order valence-electron chi connectivity index (χ0n) is 8.32. The number of aryl methyl sites for hydroxylation is 1. The number of hydrogen-bond acceptors (Lipinski definition) is 5. The number of ether oxygens (including phenoxy) is 1. The zero-order valence-corrected chi connectivity index (χ0v) is 8.32. The van der Waals surface area contributed by atoms with Crippen LogP contribution in [0, 0.1) is 6.92 Å². The average molecular weight is 197 g/mol. The molecule has 1 aliphatic rings. The molecule has 1 aromatic rings. The molecule has 2 heterocycles. The van der Waals surface area contributed by atoms with Gasteiger partial charge in [0.25, 0.3) is 0 Å². The highest BCUT2D eigenvalue weighted by Gasteiger charge is 2.13. The minimum absolute atomic E-state index is 0.530. The molecular formula is C9H15N3O2. The van der Waals surface area contributed by atoms with Gasteiger partial charge in [-0.3, -0.25) is 0 Å². The second-order valence-corrected chi connectivity index (χ2v) is 3.50. The highest BCUT2D eigenvalue weighted by atomic mass is 16.5. The van der Waals surface area contributed by atoms with Crippen LogP contribution in [0.2, 0.25) is 0 Å². The van der Waals surface area contributed by atoms with Gasteiger partial charge in [0.2, 0.25) is 5.89 Å². The number of nitrogens with zero attached hydrogens (tertiary/aromatic N) is 2. The fraction of sp³-hybridized carbons (Fsp3) is 0.778. The van der Waals surface area contributed by atoms with Crippen LogP contribution < -0.4 is 5.32 Å². The lowest BCUT2D eigenvalue weighted by Gasteiger charge is -2.22. The third-order valence-electron chi connectivity index (χ3n) is 2.34. The Morgan fingerprint density at radius 1 is 1.43 bits per heavy atom. The molecule has 0 aromatic carbocycles. The molecule has 0 amide bonds. The maximum absolute atomic E-state index is 5.27. The Kier molecular flexibility index (Phi) is 3.10. The van der Waals surface area contributed by atoms with Crippen LogP contribution in [0.4, 0.5) is 0 Å². The van der Waals surface area contributed by atoms with Gasteiger partial charge in [-0.1, -0.05) is 5.16 Å². The standard InChI is InChI=1S/C9H15N3O2/c1-7-11-9(12-14-7)6-10-8-2-4-13-5-3-8/h8,10H,2-6H2,1H3. The van der Waals surface area contributed by atoms with E-state index in [0.717, 1.165) is 31.9 Å². The van der Waals surface area contributed by atoms with E-state index in [1.165, 1.54) is 0 Å². The Morgan fingerprint density at radius 2 is 2.21 bits per heavy atom. The normalized spacial score (nSPS) is 18.6. The van der Waals surface area contributed by atoms with E-state index in [1.807, 2.05) is 0 Å². The first kappa shape index (κ1) is 9.61. The van der Waals surface area contributed by atoms with E-state index in [0.29, 0.717) is 18.5 Å². The lowest BCUT2D eigenvalue weighted by atomic mass is 10.1. The van der Waals surface area contributed by atoms with Crippen molar-refractivity contribution < 1.29 is 9.26 Å². The summed E-state index contributed by atoms with van der Waals surface area (Å²) in [5.41, 5.74) is 0. The van der Waals surface area contributed by atoms with Crippen LogP contribution in [0.3, 0.4) is 0 Å². The summed E-state index contributed by atoms with van der Waals surface area (Å²) in [6, 6.07) is 0.530. The Balaban J connectivity index is 1.76. The molecule has 5 heteroatoms. The van der Waals surface area contributed by atoms with Gasteiger partial charge in [0.1, 0.15) is 0 Å². The lowest BCUT2D eigenvalue weighted by molar-refractivity contribution is 0.0774. The van der Waals surface area contributed by atoms with Crippen molar-refractivity contribution in [2.24, 2.45) is 0 Å². The van der Waals surface area contributed by atoms with E-state index in [9.17, 15) is 0 Å². The molecule has 0 radical (unpaired) electrons. The molecular weight excluding hydrogens is 182 g/mol. The maximum atomic E-state index is 5.27. The minimum Gasteiger partial charge on any atom is -0.381 e. The summed E-state index contributed by atoms with van der Waals surface area (Å²) in [4.78, 5) is 4.12. The summed E-state index contributed by atoms with van der Waals surface area (Å²) in [6.45, 7) is 4.18. The van der Waals surface area contributed by atoms with E-state index in [2.05, 4.69) is 15.5 Å². The van der Waals surface area contributed by atoms with Gasteiger partial charge in [-0.2, -0.15) is 4.98 Å². The Bertz CT molecular complexity index is 281. The number of hydrogen-bond donors (Lipinski definition) is 1. The maximum Gasteiger partial charge on any atom is 0.223 e. The third-order valence-corrected chi connectivity index (χ3v) is 2.34. The molecule has 78 valence electrons. The summed E-state index contributed by atoms with van der Waals surface area (Å²) in [5, 5.41) is 7.21. The molecule has 0 aliphatic carbocycles. The summed E-state index contributed by atoms with van der Waals surface area (Å²) in [5.74, 6) is 1.35. The van der Waals surface area contributed by atoms with Crippen LogP contribution in [-0.4, -0.2) is 29.4 Å². The van der Waals surface area contributed by atoms with Crippen molar-refractivity contribution in [3.63, 3.8) is 0 Å². The minimum atomic E-state index is 0.530. The summed E-state index contributed by atoms with van der Waals surface area (Å²) < 4.78 is 10.1. The second-order valence-electron chi connectivity index (χ2n) is 3.50. The third kappa shape index (κ3) is 2.52. The van der Waals surface area contributed by atoms with Gasteiger partial charge >= 0.3 is 0 Å². The molecule has 0 spiro atoms. The van der Waals surface area contributed by atoms with E-state index >= 15 is 0 Å². The molecule has 5 nitrogen and oxygen atoms in total. The zero-order chi connectivity index (χ0) is 9.80. The highest BCUT2D eigenvalue weighted by Crippen LogP contribution is 2.06. The lowest BCUT2D eigenvalue weighted by Crippen LogP contribution is -2.34. The van der Waals surface area contributed by atoms with Crippen LogP contribution in [0.1, 0.15) is 24.6 Å². The summed E-state index contributed by atoms with van der Waals surface area (Å²) >= 11 is 0. The van der Waals surface area contributed by atoms with E-state index < -0.39 is 0 Å². The van der Waals surface area contributed by atoms with Gasteiger partial charge in [0.15, 0.2) is 5.82 Å². The predicted octanol–water partition coefficient (Wildman–Crippen LogP) is 0.647. The first-order valence-electron chi connectivity index (χ1n) is 4.95. The van der Waals surface area contributed by atoms with Crippen molar-refractivity contribution in [2.75, 3.05) is 13.2 Å². The van der Waals surface area contributed by atoms with Crippen LogP contribution in [0.25, 0.3) is 0 Å². The largest absolute Gasteiger partial charge is 0.381 e. The molecule has 1 saturated heterocycles. The molecule has 1 fully saturated rings. The Labute approximate surface area is 82.8 Å². The fourth-order valence-electron chi connectivity index (χ4n) is 1.55. The van der Waals surface area contributed by atoms with Gasteiger partial charge in [0, 0.05) is 26.2 Å². The number of nitrogens with one attached hydrogen (secondary N) is 1. The topological polar surface area (TPSA) is 60.2 Å². The molecule has 1 aliphatic heterocycles. The van der Waals surface area contributed by atoms with E-state index in [-0.39, 0.29) is 0 Å². The smallest absolute Gasteiger partial charge is 0.223 e. The SMILES string of the molecule is Cc1nc(CNC2CCOCC2)no1. The first-order chi connectivity index (χ1) is 6.84. The van der Waals surface area contributed by atoms with E-state index in [1.54, 1.807) is 6.92 Å². The van der Waals surface area contributed by atoms with Gasteiger partial charge < -0.3 is 14.6 Å². The van der Waals surface area contributed by atoms with Gasteiger partial charge in [-0.15, -0.1) is 0 Å². The summed E-state index contributed by atoms with van der Waals surface area (Å²) in [7, 11) is 0. The van der Waals surface area contributed by atoms with Crippen molar-refractivity contribution in [1.82, 2.24) is 15.5 Å². The number of rotatable bonds is 3. The molecule has 14 heavy (non-hydrogen) atoms. The fourth-order valence-corrected chi connectivity index (χ4v) is 1.55. The first-order valence-corrected chi connectivity index (χ1v) is 4.95. The number of aromatic nitrogens is 2. The monoisotopic (exact) mass is 197 g/mol. The predicted molar refractivity (Wildman–Crippen MR) is 49.7 cm³/mol. The van der Waals surface area contributed by atoms with Crippen molar-refractivity contribution in [3.05, 3.63) is 11.7 Å². The van der Waals surface area contributed by atoms with E-state index in [4.69, 9.17) is 9.26 Å². The highest BCUT2D eigenvalue weighted by molar-refractivity contribution is 4.84. The average Bonchev–Trinajstić information content (AvgIpc) is 2.63. The van der Waals surface area contributed by atoms with Gasteiger partial charge in [0.05, 0.1) is 6.54 Å². The van der Waals surface area contributed by atoms with Gasteiger partial charge in [-0.05, 0) is 12.8 Å². The molecule has 0 atom stereocenters. The van der Waals surface area contributed by atoms with Crippen LogP contribution in [0.5, 0.6) is 0 Å². The van der Waals surface area contributed by atoms with Crippen LogP contribution in [0.15, 0.2) is 4.52 Å². The molecule has 1 N–H and O–H groups in total. The molecule has 1 aromatic heterocycles. The van der Waals surface area contributed by atoms with Crippen LogP contribution >= 0.6 is 0 Å². The molecule has 0 bridgehead atoms. The van der Waals surface area contributed by atoms with Crippen LogP contribution in [-0.2, 0) is 11.3 Å². The quantitative estimate of drug-likeness (QED) is 0.770. The van der Waals surface area contributed by atoms with Crippen molar-refractivity contribution in [3.8, 4) is 0 Å². The summed E-state index contributed by atoms with van der Waals surface area (Å²) in [6.07, 6.45) is 2.13. The Hall–Kier alpha value is -0.940. The molecule has 0 saturated carbocycles. The molecule has 2 rings (SSSR count). The van der Waals surface area contributed by atoms with Crippen molar-refractivity contribution in [1.29, 1.82) is 0 Å². The van der Waals surface area contributed by atoms with Gasteiger partial charge in [-0.25, -0.2) is 0 Å². The van der Waals surface area contributed by atoms with Crippen molar-refractivity contribution >= 4 is 0 Å². The van der Waals surface area contributed by atoms with Crippen molar-refractivity contribution in [2.45, 2.75) is 32.4 Å². The Morgan fingerprint density at radius 3 is 2.86 bits per heavy atom.